The van der Waals surface area contributed by atoms with Crippen LogP contribution in [0, 0.1) is 0 Å². The molecule has 4 rings (SSSR count). The smallest absolute Gasteiger partial charge is 0.324 e. The standard InChI is InChI=1S/C30H39N3O4S2/c1-30(2,3)38-19-25(29(35)37-24-6-4-5-7-24)32-18-21-10-8-20(9-11-21)16-31-17-22-12-13-23-15-27(28(34)33-36)39-26(23)14-22/h8-15,24-25,31-32,36H,4-7,16-19H2,1-3H3,(H,33,34)/t25-/m0/s1. The third-order valence-electron chi connectivity index (χ3n) is 6.70. The van der Waals surface area contributed by atoms with Gasteiger partial charge in [-0.15, -0.1) is 11.3 Å². The predicted octanol–water partition coefficient (Wildman–Crippen LogP) is 5.79. The van der Waals surface area contributed by atoms with Crippen molar-refractivity contribution >= 4 is 45.1 Å². The fraction of sp³-hybridized carbons (Fsp3) is 0.467. The summed E-state index contributed by atoms with van der Waals surface area (Å²) in [6, 6.07) is 16.0. The molecule has 0 aliphatic heterocycles. The number of hydrogen-bond donors (Lipinski definition) is 4. The van der Waals surface area contributed by atoms with Crippen LogP contribution >= 0.6 is 23.1 Å². The van der Waals surface area contributed by atoms with Gasteiger partial charge >= 0.3 is 5.97 Å². The maximum atomic E-state index is 12.9. The second-order valence-electron chi connectivity index (χ2n) is 11.0. The second kappa shape index (κ2) is 13.8. The van der Waals surface area contributed by atoms with Crippen LogP contribution in [-0.4, -0.2) is 39.7 Å². The largest absolute Gasteiger partial charge is 0.461 e. The van der Waals surface area contributed by atoms with Gasteiger partial charge in [-0.05, 0) is 59.9 Å². The van der Waals surface area contributed by atoms with Crippen LogP contribution in [0.4, 0.5) is 0 Å². The Bertz CT molecular complexity index is 1250. The molecule has 1 heterocycles. The lowest BCUT2D eigenvalue weighted by Crippen LogP contribution is -2.41. The Kier molecular flexibility index (Phi) is 10.4. The Morgan fingerprint density at radius 2 is 1.64 bits per heavy atom. The van der Waals surface area contributed by atoms with E-state index in [1.54, 1.807) is 23.3 Å². The molecule has 1 aromatic heterocycles. The lowest BCUT2D eigenvalue weighted by atomic mass is 10.1. The molecule has 210 valence electrons. The first-order valence-electron chi connectivity index (χ1n) is 13.5. The molecule has 1 aliphatic carbocycles. The van der Waals surface area contributed by atoms with Gasteiger partial charge in [-0.2, -0.15) is 11.8 Å². The van der Waals surface area contributed by atoms with E-state index in [-0.39, 0.29) is 22.9 Å². The van der Waals surface area contributed by atoms with Crippen molar-refractivity contribution in [2.24, 2.45) is 0 Å². The van der Waals surface area contributed by atoms with Gasteiger partial charge in [0.2, 0.25) is 0 Å². The first-order chi connectivity index (χ1) is 18.7. The molecule has 3 aromatic rings. The number of ether oxygens (including phenoxy) is 1. The van der Waals surface area contributed by atoms with E-state index >= 15 is 0 Å². The van der Waals surface area contributed by atoms with E-state index in [0.29, 0.717) is 23.7 Å². The van der Waals surface area contributed by atoms with E-state index in [0.717, 1.165) is 53.4 Å². The summed E-state index contributed by atoms with van der Waals surface area (Å²) < 4.78 is 6.91. The highest BCUT2D eigenvalue weighted by atomic mass is 32.2. The molecular formula is C30H39N3O4S2. The van der Waals surface area contributed by atoms with Crippen LogP contribution in [0.1, 0.15) is 72.8 Å². The van der Waals surface area contributed by atoms with Gasteiger partial charge in [-0.25, -0.2) is 5.48 Å². The van der Waals surface area contributed by atoms with Crippen molar-refractivity contribution in [2.45, 2.75) is 83.0 Å². The molecule has 4 N–H and O–H groups in total. The minimum absolute atomic E-state index is 0.0747. The fourth-order valence-corrected chi connectivity index (χ4v) is 6.45. The van der Waals surface area contributed by atoms with Gasteiger partial charge in [0, 0.05) is 34.8 Å². The summed E-state index contributed by atoms with van der Waals surface area (Å²) in [5, 5.41) is 16.8. The van der Waals surface area contributed by atoms with Gasteiger partial charge < -0.3 is 10.1 Å². The molecule has 2 aromatic carbocycles. The van der Waals surface area contributed by atoms with Crippen LogP contribution in [0.5, 0.6) is 0 Å². The van der Waals surface area contributed by atoms with Gasteiger partial charge in [0.25, 0.3) is 5.91 Å². The van der Waals surface area contributed by atoms with Gasteiger partial charge in [-0.1, -0.05) is 57.2 Å². The lowest BCUT2D eigenvalue weighted by molar-refractivity contribution is -0.150. The summed E-state index contributed by atoms with van der Waals surface area (Å²) in [6.07, 6.45) is 4.32. The predicted molar refractivity (Wildman–Crippen MR) is 159 cm³/mol. The summed E-state index contributed by atoms with van der Waals surface area (Å²) in [5.74, 6) is 0.0653. The minimum atomic E-state index is -0.488. The van der Waals surface area contributed by atoms with Gasteiger partial charge in [0.15, 0.2) is 0 Å². The first-order valence-corrected chi connectivity index (χ1v) is 15.3. The monoisotopic (exact) mass is 569 g/mol. The van der Waals surface area contributed by atoms with Crippen LogP contribution in [-0.2, 0) is 29.2 Å². The molecule has 1 amide bonds. The number of fused-ring (bicyclic) bond motifs is 1. The lowest BCUT2D eigenvalue weighted by Gasteiger charge is -2.24. The quantitative estimate of drug-likeness (QED) is 0.125. The van der Waals surface area contributed by atoms with Gasteiger partial charge in [0.1, 0.15) is 12.1 Å². The number of carbonyl (C=O) groups excluding carboxylic acids is 2. The molecule has 0 bridgehead atoms. The SMILES string of the molecule is CC(C)(C)SC[C@H](NCc1ccc(CNCc2ccc3cc(C(=O)NO)sc3c2)cc1)C(=O)OC1CCCC1. The van der Waals surface area contributed by atoms with E-state index in [1.165, 1.54) is 16.9 Å². The van der Waals surface area contributed by atoms with Crippen molar-refractivity contribution in [3.63, 3.8) is 0 Å². The average Bonchev–Trinajstić information content (AvgIpc) is 3.58. The zero-order chi connectivity index (χ0) is 27.8. The number of nitrogens with one attached hydrogen (secondary N) is 3. The highest BCUT2D eigenvalue weighted by molar-refractivity contribution is 8.00. The number of hydroxylamine groups is 1. The Balaban J connectivity index is 1.26. The second-order valence-corrected chi connectivity index (χ2v) is 14.0. The topological polar surface area (TPSA) is 99.7 Å². The molecule has 7 nitrogen and oxygen atoms in total. The van der Waals surface area contributed by atoms with Crippen molar-refractivity contribution < 1.29 is 19.5 Å². The van der Waals surface area contributed by atoms with Crippen LogP contribution < -0.4 is 16.1 Å². The summed E-state index contributed by atoms with van der Waals surface area (Å²) in [7, 11) is 0. The maximum absolute atomic E-state index is 12.9. The number of hydrogen-bond acceptors (Lipinski definition) is 8. The Morgan fingerprint density at radius 3 is 2.31 bits per heavy atom. The highest BCUT2D eigenvalue weighted by Crippen LogP contribution is 2.27. The first kappa shape index (κ1) is 29.6. The highest BCUT2D eigenvalue weighted by Gasteiger charge is 2.27. The minimum Gasteiger partial charge on any atom is -0.461 e. The van der Waals surface area contributed by atoms with Crippen LogP contribution in [0.15, 0.2) is 48.5 Å². The maximum Gasteiger partial charge on any atom is 0.324 e. The molecule has 9 heteroatoms. The molecule has 1 fully saturated rings. The molecule has 0 spiro atoms. The number of thiophene rings is 1. The number of carbonyl (C=O) groups is 2. The molecule has 0 saturated heterocycles. The van der Waals surface area contributed by atoms with Crippen molar-refractivity contribution in [1.82, 2.24) is 16.1 Å². The van der Waals surface area contributed by atoms with Crippen molar-refractivity contribution in [1.29, 1.82) is 0 Å². The van der Waals surface area contributed by atoms with Crippen molar-refractivity contribution in [2.75, 3.05) is 5.75 Å². The molecule has 39 heavy (non-hydrogen) atoms. The summed E-state index contributed by atoms with van der Waals surface area (Å²) in [5.41, 5.74) is 5.13. The fourth-order valence-electron chi connectivity index (χ4n) is 4.52. The Morgan fingerprint density at radius 1 is 1.00 bits per heavy atom. The number of amides is 1. The normalized spacial score (nSPS) is 15.0. The summed E-state index contributed by atoms with van der Waals surface area (Å²) >= 11 is 3.14. The number of esters is 1. The van der Waals surface area contributed by atoms with Gasteiger partial charge in [-0.3, -0.25) is 20.1 Å². The average molecular weight is 570 g/mol. The molecule has 1 aliphatic rings. The Labute approximate surface area is 239 Å². The molecular weight excluding hydrogens is 530 g/mol. The Hall–Kier alpha value is -2.43. The van der Waals surface area contributed by atoms with E-state index in [4.69, 9.17) is 9.94 Å². The number of benzene rings is 2. The van der Waals surface area contributed by atoms with E-state index < -0.39 is 5.91 Å². The van der Waals surface area contributed by atoms with Crippen LogP contribution in [0.2, 0.25) is 0 Å². The summed E-state index contributed by atoms with van der Waals surface area (Å²) in [4.78, 5) is 25.1. The van der Waals surface area contributed by atoms with E-state index in [9.17, 15) is 9.59 Å². The molecule has 1 saturated carbocycles. The van der Waals surface area contributed by atoms with Crippen molar-refractivity contribution in [3.05, 3.63) is 70.1 Å². The molecule has 0 radical (unpaired) electrons. The van der Waals surface area contributed by atoms with Gasteiger partial charge in [0.05, 0.1) is 4.88 Å². The third kappa shape index (κ3) is 9.05. The van der Waals surface area contributed by atoms with Crippen LogP contribution in [0.25, 0.3) is 10.1 Å². The molecule has 0 unspecified atom stereocenters. The zero-order valence-electron chi connectivity index (χ0n) is 22.9. The number of thioether (sulfide) groups is 1. The zero-order valence-corrected chi connectivity index (χ0v) is 24.6. The third-order valence-corrected chi connectivity index (χ3v) is 9.16. The summed E-state index contributed by atoms with van der Waals surface area (Å²) in [6.45, 7) is 8.54. The molecule has 1 atom stereocenters. The van der Waals surface area contributed by atoms with Crippen molar-refractivity contribution in [3.8, 4) is 0 Å². The van der Waals surface area contributed by atoms with E-state index in [1.807, 2.05) is 12.1 Å². The van der Waals surface area contributed by atoms with Crippen LogP contribution in [0.3, 0.4) is 0 Å². The van der Waals surface area contributed by atoms with E-state index in [2.05, 4.69) is 61.7 Å². The number of rotatable bonds is 12.